The van der Waals surface area contributed by atoms with Gasteiger partial charge in [0, 0.05) is 13.1 Å². The van der Waals surface area contributed by atoms with E-state index < -0.39 is 0 Å². The fourth-order valence-corrected chi connectivity index (χ4v) is 2.26. The van der Waals surface area contributed by atoms with Gasteiger partial charge in [-0.15, -0.1) is 12.4 Å². The maximum absolute atomic E-state index is 11.6. The molecule has 17 heavy (non-hydrogen) atoms. The van der Waals surface area contributed by atoms with Gasteiger partial charge in [0.1, 0.15) is 4.34 Å². The van der Waals surface area contributed by atoms with Gasteiger partial charge in [0.15, 0.2) is 5.13 Å². The Bertz CT molecular complexity index is 369. The molecule has 5 nitrogen and oxygen atoms in total. The number of nitrogens with one attached hydrogen (secondary N) is 1. The highest BCUT2D eigenvalue weighted by atomic mass is 35.5. The van der Waals surface area contributed by atoms with Crippen LogP contribution in [0.2, 0.25) is 4.34 Å². The van der Waals surface area contributed by atoms with E-state index in [1.807, 2.05) is 4.90 Å². The van der Waals surface area contributed by atoms with Crippen LogP contribution in [0.15, 0.2) is 6.20 Å². The molecule has 1 aliphatic rings. The van der Waals surface area contributed by atoms with E-state index in [9.17, 15) is 4.79 Å². The minimum absolute atomic E-state index is 0. The van der Waals surface area contributed by atoms with Crippen molar-refractivity contribution in [1.82, 2.24) is 9.88 Å². The van der Waals surface area contributed by atoms with Crippen molar-refractivity contribution in [2.45, 2.75) is 0 Å². The number of carbonyl (C=O) groups excluding carboxylic acids is 1. The second kappa shape index (κ2) is 7.13. The molecule has 2 heterocycles. The van der Waals surface area contributed by atoms with E-state index in [1.54, 1.807) is 0 Å². The monoisotopic (exact) mass is 297 g/mol. The van der Waals surface area contributed by atoms with Gasteiger partial charge in [-0.25, -0.2) is 4.98 Å². The summed E-state index contributed by atoms with van der Waals surface area (Å²) in [6.45, 7) is 3.35. The maximum Gasteiger partial charge on any atom is 0.240 e. The molecule has 0 aliphatic carbocycles. The van der Waals surface area contributed by atoms with E-state index >= 15 is 0 Å². The number of aromatic nitrogens is 1. The third-order valence-electron chi connectivity index (χ3n) is 2.19. The third kappa shape index (κ3) is 4.77. The first-order valence-corrected chi connectivity index (χ1v) is 6.15. The molecule has 0 spiro atoms. The van der Waals surface area contributed by atoms with Gasteiger partial charge in [-0.05, 0) is 0 Å². The van der Waals surface area contributed by atoms with Crippen molar-refractivity contribution < 1.29 is 9.53 Å². The first-order valence-electron chi connectivity index (χ1n) is 4.95. The second-order valence-electron chi connectivity index (χ2n) is 3.41. The maximum atomic E-state index is 11.6. The van der Waals surface area contributed by atoms with Crippen LogP contribution >= 0.6 is 35.3 Å². The summed E-state index contributed by atoms with van der Waals surface area (Å²) in [6, 6.07) is 0. The van der Waals surface area contributed by atoms with E-state index in [2.05, 4.69) is 10.3 Å². The van der Waals surface area contributed by atoms with Crippen molar-refractivity contribution in [3.63, 3.8) is 0 Å². The SMILES string of the molecule is Cl.O=C(CN1CCOCC1)Nc1ncc(Cl)s1. The molecule has 96 valence electrons. The van der Waals surface area contributed by atoms with Gasteiger partial charge in [-0.2, -0.15) is 0 Å². The van der Waals surface area contributed by atoms with Gasteiger partial charge in [0.25, 0.3) is 0 Å². The lowest BCUT2D eigenvalue weighted by Crippen LogP contribution is -2.41. The first-order chi connectivity index (χ1) is 7.74. The Balaban J connectivity index is 0.00000144. The number of amides is 1. The highest BCUT2D eigenvalue weighted by Crippen LogP contribution is 2.22. The van der Waals surface area contributed by atoms with E-state index in [0.29, 0.717) is 29.2 Å². The van der Waals surface area contributed by atoms with Gasteiger partial charge >= 0.3 is 0 Å². The molecule has 1 aromatic heterocycles. The summed E-state index contributed by atoms with van der Waals surface area (Å²) in [4.78, 5) is 17.6. The molecule has 0 bridgehead atoms. The number of halogens is 2. The summed E-state index contributed by atoms with van der Waals surface area (Å²) in [5, 5.41) is 3.26. The van der Waals surface area contributed by atoms with E-state index in [1.165, 1.54) is 17.5 Å². The summed E-state index contributed by atoms with van der Waals surface area (Å²) in [7, 11) is 0. The van der Waals surface area contributed by atoms with Gasteiger partial charge in [0.05, 0.1) is 26.0 Å². The normalized spacial score (nSPS) is 16.3. The predicted molar refractivity (Wildman–Crippen MR) is 70.3 cm³/mol. The Morgan fingerprint density at radius 2 is 2.29 bits per heavy atom. The summed E-state index contributed by atoms with van der Waals surface area (Å²) in [6.07, 6.45) is 1.52. The molecule has 0 aromatic carbocycles. The predicted octanol–water partition coefficient (Wildman–Crippen LogP) is 1.49. The van der Waals surface area contributed by atoms with Gasteiger partial charge in [0.2, 0.25) is 5.91 Å². The molecule has 1 aromatic rings. The molecule has 0 atom stereocenters. The van der Waals surface area contributed by atoms with Crippen molar-refractivity contribution >= 4 is 46.4 Å². The summed E-state index contributed by atoms with van der Waals surface area (Å²) < 4.78 is 5.77. The Hall–Kier alpha value is -0.400. The van der Waals surface area contributed by atoms with Crippen molar-refractivity contribution in [3.05, 3.63) is 10.5 Å². The third-order valence-corrected chi connectivity index (χ3v) is 3.23. The number of hydrogen-bond donors (Lipinski definition) is 1. The largest absolute Gasteiger partial charge is 0.379 e. The smallest absolute Gasteiger partial charge is 0.240 e. The molecule has 8 heteroatoms. The lowest BCUT2D eigenvalue weighted by atomic mass is 10.4. The summed E-state index contributed by atoms with van der Waals surface area (Å²) in [5.41, 5.74) is 0. The lowest BCUT2D eigenvalue weighted by molar-refractivity contribution is -0.118. The fraction of sp³-hybridized carbons (Fsp3) is 0.556. The van der Waals surface area contributed by atoms with E-state index in [0.717, 1.165) is 13.1 Å². The molecule has 1 saturated heterocycles. The number of ether oxygens (including phenoxy) is 1. The quantitative estimate of drug-likeness (QED) is 0.918. The minimum Gasteiger partial charge on any atom is -0.379 e. The fourth-order valence-electron chi connectivity index (χ4n) is 1.43. The molecular weight excluding hydrogens is 285 g/mol. The number of nitrogens with zero attached hydrogens (tertiary/aromatic N) is 2. The number of rotatable bonds is 3. The van der Waals surface area contributed by atoms with Crippen LogP contribution in [0.1, 0.15) is 0 Å². The van der Waals surface area contributed by atoms with E-state index in [4.69, 9.17) is 16.3 Å². The first kappa shape index (κ1) is 14.7. The topological polar surface area (TPSA) is 54.5 Å². The van der Waals surface area contributed by atoms with Gasteiger partial charge in [-0.3, -0.25) is 9.69 Å². The molecular formula is C9H13Cl2N3O2S. The van der Waals surface area contributed by atoms with Crippen LogP contribution in [0.5, 0.6) is 0 Å². The second-order valence-corrected chi connectivity index (χ2v) is 5.07. The van der Waals surface area contributed by atoms with Crippen LogP contribution in [0.25, 0.3) is 0 Å². The Labute approximate surface area is 115 Å². The zero-order valence-corrected chi connectivity index (χ0v) is 11.4. The Morgan fingerprint density at radius 3 is 2.88 bits per heavy atom. The van der Waals surface area contributed by atoms with Crippen molar-refractivity contribution in [2.24, 2.45) is 0 Å². The number of carbonyl (C=O) groups is 1. The van der Waals surface area contributed by atoms with Crippen LogP contribution in [0, 0.1) is 0 Å². The Kier molecular flexibility index (Phi) is 6.15. The van der Waals surface area contributed by atoms with Gasteiger partial charge in [-0.1, -0.05) is 22.9 Å². The standard InChI is InChI=1S/C9H12ClN3O2S.ClH/c10-7-5-11-9(16-7)12-8(14)6-13-1-3-15-4-2-13;/h5H,1-4,6H2,(H,11,12,14);1H. The molecule has 0 saturated carbocycles. The van der Waals surface area contributed by atoms with E-state index in [-0.39, 0.29) is 18.3 Å². The number of thiazole rings is 1. The van der Waals surface area contributed by atoms with Crippen molar-refractivity contribution in [3.8, 4) is 0 Å². The van der Waals surface area contributed by atoms with Crippen LogP contribution in [-0.4, -0.2) is 48.6 Å². The number of anilines is 1. The van der Waals surface area contributed by atoms with Crippen molar-refractivity contribution in [1.29, 1.82) is 0 Å². The number of morpholine rings is 1. The van der Waals surface area contributed by atoms with Crippen LogP contribution in [0.3, 0.4) is 0 Å². The summed E-state index contributed by atoms with van der Waals surface area (Å²) in [5.74, 6) is -0.0621. The van der Waals surface area contributed by atoms with Crippen molar-refractivity contribution in [2.75, 3.05) is 38.2 Å². The number of hydrogen-bond acceptors (Lipinski definition) is 5. The lowest BCUT2D eigenvalue weighted by Gasteiger charge is -2.25. The molecule has 1 fully saturated rings. The summed E-state index contributed by atoms with van der Waals surface area (Å²) >= 11 is 6.97. The highest BCUT2D eigenvalue weighted by molar-refractivity contribution is 7.19. The average Bonchev–Trinajstić information content (AvgIpc) is 2.65. The molecule has 1 amide bonds. The van der Waals surface area contributed by atoms with Gasteiger partial charge < -0.3 is 10.1 Å². The molecule has 1 aliphatic heterocycles. The van der Waals surface area contributed by atoms with Crippen LogP contribution < -0.4 is 5.32 Å². The molecule has 0 unspecified atom stereocenters. The van der Waals surface area contributed by atoms with Crippen LogP contribution in [0.4, 0.5) is 5.13 Å². The molecule has 2 rings (SSSR count). The zero-order valence-electron chi connectivity index (χ0n) is 9.02. The zero-order chi connectivity index (χ0) is 11.4. The Morgan fingerprint density at radius 1 is 1.59 bits per heavy atom. The average molecular weight is 298 g/mol. The molecule has 1 N–H and O–H groups in total. The van der Waals surface area contributed by atoms with Crippen LogP contribution in [-0.2, 0) is 9.53 Å². The minimum atomic E-state index is -0.0621. The highest BCUT2D eigenvalue weighted by Gasteiger charge is 2.14. The molecule has 0 radical (unpaired) electrons.